The predicted molar refractivity (Wildman–Crippen MR) is 128 cm³/mol. The number of aryl methyl sites for hydroxylation is 2. The average molecular weight is 458 g/mol. The van der Waals surface area contributed by atoms with E-state index in [2.05, 4.69) is 19.2 Å². The molecule has 0 unspecified atom stereocenters. The Bertz CT molecular complexity index is 944. The molecule has 1 saturated heterocycles. The first-order chi connectivity index (χ1) is 15.5. The fourth-order valence-corrected chi connectivity index (χ4v) is 4.58. The molecule has 0 saturated carbocycles. The van der Waals surface area contributed by atoms with Crippen molar-refractivity contribution in [2.75, 3.05) is 38.4 Å². The van der Waals surface area contributed by atoms with Gasteiger partial charge in [-0.2, -0.15) is 0 Å². The molecular formula is C24H31N3O4S. The van der Waals surface area contributed by atoms with Gasteiger partial charge in [0.1, 0.15) is 0 Å². The number of anilines is 1. The fraction of sp³-hybridized carbons (Fsp3) is 0.417. The van der Waals surface area contributed by atoms with Crippen LogP contribution in [0.1, 0.15) is 31.4 Å². The molecule has 0 bridgehead atoms. The molecule has 1 N–H and O–H groups in total. The summed E-state index contributed by atoms with van der Waals surface area (Å²) >= 11 is 1.41. The number of methoxy groups -OCH3 is 2. The summed E-state index contributed by atoms with van der Waals surface area (Å²) in [6.45, 7) is 5.20. The molecule has 0 aromatic heterocycles. The van der Waals surface area contributed by atoms with E-state index in [-0.39, 0.29) is 17.7 Å². The fourth-order valence-electron chi connectivity index (χ4n) is 3.78. The van der Waals surface area contributed by atoms with E-state index in [0.717, 1.165) is 41.0 Å². The topological polar surface area (TPSA) is 71.1 Å². The number of nitrogens with zero attached hydrogens (tertiary/aromatic N) is 2. The SMILES string of the molecule is CCc1cccc(CC)c1NC(=O)N1CCCN1C(=O)CSc1ccc(OC)c(OC)c1. The summed E-state index contributed by atoms with van der Waals surface area (Å²) in [5.41, 5.74) is 3.05. The second-order valence-electron chi connectivity index (χ2n) is 7.39. The van der Waals surface area contributed by atoms with Crippen LogP contribution in [0.3, 0.4) is 0 Å². The maximum Gasteiger partial charge on any atom is 0.340 e. The maximum absolute atomic E-state index is 13.1. The van der Waals surface area contributed by atoms with Gasteiger partial charge in [0.15, 0.2) is 11.5 Å². The van der Waals surface area contributed by atoms with Gasteiger partial charge in [-0.3, -0.25) is 4.79 Å². The van der Waals surface area contributed by atoms with Gasteiger partial charge in [0.2, 0.25) is 0 Å². The summed E-state index contributed by atoms with van der Waals surface area (Å²) in [5.74, 6) is 1.39. The predicted octanol–water partition coefficient (Wildman–Crippen LogP) is 4.60. The first-order valence-electron chi connectivity index (χ1n) is 10.9. The van der Waals surface area contributed by atoms with E-state index in [0.29, 0.717) is 24.6 Å². The van der Waals surface area contributed by atoms with Crippen LogP contribution >= 0.6 is 11.8 Å². The molecule has 1 heterocycles. The number of amides is 3. The lowest BCUT2D eigenvalue weighted by atomic mass is 10.0. The number of thioether (sulfide) groups is 1. The molecule has 7 nitrogen and oxygen atoms in total. The molecule has 1 aliphatic heterocycles. The number of urea groups is 1. The third-order valence-corrected chi connectivity index (χ3v) is 6.48. The summed E-state index contributed by atoms with van der Waals surface area (Å²) in [4.78, 5) is 26.9. The Hall–Kier alpha value is -2.87. The van der Waals surface area contributed by atoms with Gasteiger partial charge in [0, 0.05) is 23.7 Å². The molecule has 0 spiro atoms. The number of hydrazine groups is 1. The van der Waals surface area contributed by atoms with E-state index in [1.165, 1.54) is 16.8 Å². The van der Waals surface area contributed by atoms with Gasteiger partial charge in [-0.15, -0.1) is 11.8 Å². The molecule has 2 aromatic carbocycles. The van der Waals surface area contributed by atoms with Gasteiger partial charge in [-0.05, 0) is 48.6 Å². The summed E-state index contributed by atoms with van der Waals surface area (Å²) in [7, 11) is 3.17. The average Bonchev–Trinajstić information content (AvgIpc) is 3.32. The largest absolute Gasteiger partial charge is 0.493 e. The maximum atomic E-state index is 13.1. The van der Waals surface area contributed by atoms with Crippen molar-refractivity contribution in [2.45, 2.75) is 38.0 Å². The summed E-state index contributed by atoms with van der Waals surface area (Å²) in [6, 6.07) is 11.4. The smallest absolute Gasteiger partial charge is 0.340 e. The minimum absolute atomic E-state index is 0.100. The molecule has 0 aliphatic carbocycles. The molecule has 3 rings (SSSR count). The molecule has 172 valence electrons. The molecular weight excluding hydrogens is 426 g/mol. The van der Waals surface area contributed by atoms with Crippen LogP contribution in [0.5, 0.6) is 11.5 Å². The molecule has 1 fully saturated rings. The minimum atomic E-state index is -0.262. The lowest BCUT2D eigenvalue weighted by molar-refractivity contribution is -0.136. The van der Waals surface area contributed by atoms with Crippen molar-refractivity contribution in [3.8, 4) is 11.5 Å². The Kier molecular flexibility index (Phi) is 8.27. The van der Waals surface area contributed by atoms with Crippen molar-refractivity contribution >= 4 is 29.4 Å². The first-order valence-corrected chi connectivity index (χ1v) is 11.8. The molecule has 2 aromatic rings. The second kappa shape index (κ2) is 11.1. The zero-order valence-corrected chi connectivity index (χ0v) is 20.0. The van der Waals surface area contributed by atoms with Gasteiger partial charge in [0.05, 0.1) is 20.0 Å². The second-order valence-corrected chi connectivity index (χ2v) is 8.44. The Morgan fingerprint density at radius 2 is 1.62 bits per heavy atom. The van der Waals surface area contributed by atoms with Crippen molar-refractivity contribution in [1.82, 2.24) is 10.0 Å². The quantitative estimate of drug-likeness (QED) is 0.587. The van der Waals surface area contributed by atoms with E-state index in [1.54, 1.807) is 19.2 Å². The highest BCUT2D eigenvalue weighted by Gasteiger charge is 2.31. The van der Waals surface area contributed by atoms with Gasteiger partial charge in [-0.25, -0.2) is 14.8 Å². The number of rotatable bonds is 8. The van der Waals surface area contributed by atoms with Crippen LogP contribution in [0.2, 0.25) is 0 Å². The standard InChI is InChI=1S/C24H31N3O4S/c1-5-17-9-7-10-18(6-2)23(17)25-24(29)27-14-8-13-26(27)22(28)16-32-19-11-12-20(30-3)21(15-19)31-4/h7,9-12,15H,5-6,8,13-14,16H2,1-4H3,(H,25,29). The van der Waals surface area contributed by atoms with Gasteiger partial charge >= 0.3 is 6.03 Å². The molecule has 0 atom stereocenters. The third kappa shape index (κ3) is 5.30. The highest BCUT2D eigenvalue weighted by Crippen LogP contribution is 2.32. The van der Waals surface area contributed by atoms with Crippen molar-refractivity contribution in [2.24, 2.45) is 0 Å². The van der Waals surface area contributed by atoms with Crippen molar-refractivity contribution in [3.63, 3.8) is 0 Å². The number of para-hydroxylation sites is 1. The van der Waals surface area contributed by atoms with Crippen molar-refractivity contribution in [3.05, 3.63) is 47.5 Å². The minimum Gasteiger partial charge on any atom is -0.493 e. The highest BCUT2D eigenvalue weighted by molar-refractivity contribution is 8.00. The van der Waals surface area contributed by atoms with Gasteiger partial charge in [-0.1, -0.05) is 32.0 Å². The lowest BCUT2D eigenvalue weighted by Gasteiger charge is -2.28. The Balaban J connectivity index is 1.66. The summed E-state index contributed by atoms with van der Waals surface area (Å²) in [6.07, 6.45) is 2.42. The summed E-state index contributed by atoms with van der Waals surface area (Å²) < 4.78 is 10.6. The van der Waals surface area contributed by atoms with Crippen LogP contribution in [-0.2, 0) is 17.6 Å². The number of hydrogen-bond donors (Lipinski definition) is 1. The van der Waals surface area contributed by atoms with E-state index in [1.807, 2.05) is 36.4 Å². The number of nitrogens with one attached hydrogen (secondary N) is 1. The van der Waals surface area contributed by atoms with Crippen molar-refractivity contribution in [1.29, 1.82) is 0 Å². The van der Waals surface area contributed by atoms with Crippen LogP contribution in [0.15, 0.2) is 41.3 Å². The van der Waals surface area contributed by atoms with Crippen LogP contribution in [0, 0.1) is 0 Å². The first kappa shape index (κ1) is 23.8. The zero-order valence-electron chi connectivity index (χ0n) is 19.1. The van der Waals surface area contributed by atoms with Crippen LogP contribution in [0.25, 0.3) is 0 Å². The Morgan fingerprint density at radius 3 is 2.25 bits per heavy atom. The van der Waals surface area contributed by atoms with E-state index < -0.39 is 0 Å². The number of benzene rings is 2. The molecule has 8 heteroatoms. The normalized spacial score (nSPS) is 13.2. The van der Waals surface area contributed by atoms with Crippen LogP contribution < -0.4 is 14.8 Å². The number of hydrogen-bond acceptors (Lipinski definition) is 5. The molecule has 32 heavy (non-hydrogen) atoms. The molecule has 1 aliphatic rings. The van der Waals surface area contributed by atoms with E-state index >= 15 is 0 Å². The van der Waals surface area contributed by atoms with Crippen LogP contribution in [0.4, 0.5) is 10.5 Å². The van der Waals surface area contributed by atoms with Gasteiger partial charge in [0.25, 0.3) is 5.91 Å². The number of carbonyl (C=O) groups excluding carboxylic acids is 2. The molecule has 3 amide bonds. The monoisotopic (exact) mass is 457 g/mol. The number of ether oxygens (including phenoxy) is 2. The number of carbonyl (C=O) groups is 2. The Labute approximate surface area is 194 Å². The van der Waals surface area contributed by atoms with E-state index in [9.17, 15) is 9.59 Å². The Morgan fingerprint density at radius 1 is 0.969 bits per heavy atom. The highest BCUT2D eigenvalue weighted by atomic mass is 32.2. The zero-order chi connectivity index (χ0) is 23.1. The van der Waals surface area contributed by atoms with Crippen LogP contribution in [-0.4, -0.2) is 55.0 Å². The lowest BCUT2D eigenvalue weighted by Crippen LogP contribution is -2.47. The van der Waals surface area contributed by atoms with Crippen molar-refractivity contribution < 1.29 is 19.1 Å². The summed E-state index contributed by atoms with van der Waals surface area (Å²) in [5, 5.41) is 6.16. The molecule has 0 radical (unpaired) electrons. The van der Waals surface area contributed by atoms with E-state index in [4.69, 9.17) is 9.47 Å². The van der Waals surface area contributed by atoms with Gasteiger partial charge < -0.3 is 14.8 Å². The third-order valence-electron chi connectivity index (χ3n) is 5.50.